The molecule has 3 heterocycles. The maximum Gasteiger partial charge on any atom is 0.247 e. The predicted molar refractivity (Wildman–Crippen MR) is 115 cm³/mol. The largest absolute Gasteiger partial charge is 0.457 e. The van der Waals surface area contributed by atoms with E-state index < -0.39 is 0 Å². The summed E-state index contributed by atoms with van der Waals surface area (Å²) in [7, 11) is 0. The number of rotatable bonds is 4. The van der Waals surface area contributed by atoms with Crippen LogP contribution in [0, 0.1) is 11.5 Å². The van der Waals surface area contributed by atoms with Crippen molar-refractivity contribution in [3.63, 3.8) is 0 Å². The molecular weight excluding hydrogens is 392 g/mol. The summed E-state index contributed by atoms with van der Waals surface area (Å²) in [6.07, 6.45) is 2.16. The Morgan fingerprint density at radius 3 is 2.65 bits per heavy atom. The SMILES string of the molecule is N#CN1CCN2CCN(c3cc(-c4ccccc4Oc4ccccc4)[nH]n3)C(=O)C2C1. The van der Waals surface area contributed by atoms with Crippen LogP contribution in [0.25, 0.3) is 11.3 Å². The van der Waals surface area contributed by atoms with E-state index in [9.17, 15) is 10.1 Å². The van der Waals surface area contributed by atoms with Crippen LogP contribution in [0.2, 0.25) is 0 Å². The van der Waals surface area contributed by atoms with E-state index in [-0.39, 0.29) is 11.9 Å². The van der Waals surface area contributed by atoms with Crippen LogP contribution in [0.5, 0.6) is 11.5 Å². The van der Waals surface area contributed by atoms with Gasteiger partial charge in [0.1, 0.15) is 17.5 Å². The van der Waals surface area contributed by atoms with Gasteiger partial charge in [0, 0.05) is 37.8 Å². The Bertz CT molecular complexity index is 1120. The molecule has 2 saturated heterocycles. The minimum atomic E-state index is -0.309. The van der Waals surface area contributed by atoms with Crippen molar-refractivity contribution in [2.24, 2.45) is 0 Å². The zero-order chi connectivity index (χ0) is 21.2. The fourth-order valence-corrected chi connectivity index (χ4v) is 4.14. The number of H-pyrrole nitrogens is 1. The predicted octanol–water partition coefficient (Wildman–Crippen LogP) is 2.68. The lowest BCUT2D eigenvalue weighted by molar-refractivity contribution is -0.127. The van der Waals surface area contributed by atoms with Gasteiger partial charge in [-0.2, -0.15) is 10.4 Å². The second-order valence-corrected chi connectivity index (χ2v) is 7.64. The van der Waals surface area contributed by atoms with E-state index in [4.69, 9.17) is 4.74 Å². The fourth-order valence-electron chi connectivity index (χ4n) is 4.14. The number of nitrogens with zero attached hydrogens (tertiary/aromatic N) is 5. The van der Waals surface area contributed by atoms with Crippen molar-refractivity contribution in [3.8, 4) is 28.9 Å². The lowest BCUT2D eigenvalue weighted by Crippen LogP contribution is -2.64. The van der Waals surface area contributed by atoms with Crippen LogP contribution in [-0.4, -0.2) is 64.7 Å². The van der Waals surface area contributed by atoms with Gasteiger partial charge in [0.25, 0.3) is 0 Å². The smallest absolute Gasteiger partial charge is 0.247 e. The number of nitrogens with one attached hydrogen (secondary N) is 1. The summed E-state index contributed by atoms with van der Waals surface area (Å²) in [4.78, 5) is 18.7. The molecule has 2 aromatic carbocycles. The summed E-state index contributed by atoms with van der Waals surface area (Å²) in [5, 5.41) is 16.7. The van der Waals surface area contributed by atoms with Gasteiger partial charge in [0.05, 0.1) is 12.2 Å². The zero-order valence-electron chi connectivity index (χ0n) is 16.9. The second kappa shape index (κ2) is 8.13. The minimum absolute atomic E-state index is 0.0157. The van der Waals surface area contributed by atoms with Gasteiger partial charge >= 0.3 is 0 Å². The first-order valence-electron chi connectivity index (χ1n) is 10.3. The highest BCUT2D eigenvalue weighted by Crippen LogP contribution is 2.34. The molecule has 0 spiro atoms. The van der Waals surface area contributed by atoms with Crippen molar-refractivity contribution in [3.05, 3.63) is 60.7 Å². The number of nitriles is 1. The molecule has 0 bridgehead atoms. The molecule has 31 heavy (non-hydrogen) atoms. The lowest BCUT2D eigenvalue weighted by atomic mass is 10.1. The molecule has 1 unspecified atom stereocenters. The van der Waals surface area contributed by atoms with Crippen molar-refractivity contribution in [1.82, 2.24) is 20.0 Å². The van der Waals surface area contributed by atoms with Crippen molar-refractivity contribution < 1.29 is 9.53 Å². The summed E-state index contributed by atoms with van der Waals surface area (Å²) in [5.41, 5.74) is 1.64. The first-order valence-corrected chi connectivity index (χ1v) is 10.3. The highest BCUT2D eigenvalue weighted by atomic mass is 16.5. The third-order valence-corrected chi connectivity index (χ3v) is 5.78. The quantitative estimate of drug-likeness (QED) is 0.661. The van der Waals surface area contributed by atoms with Gasteiger partial charge in [-0.1, -0.05) is 30.3 Å². The first-order chi connectivity index (χ1) is 15.2. The Morgan fingerprint density at radius 1 is 1.03 bits per heavy atom. The van der Waals surface area contributed by atoms with E-state index >= 15 is 0 Å². The van der Waals surface area contributed by atoms with Crippen molar-refractivity contribution in [2.75, 3.05) is 37.6 Å². The van der Waals surface area contributed by atoms with E-state index in [1.54, 1.807) is 9.80 Å². The van der Waals surface area contributed by atoms with Gasteiger partial charge in [-0.25, -0.2) is 0 Å². The van der Waals surface area contributed by atoms with Crippen molar-refractivity contribution in [1.29, 1.82) is 5.26 Å². The molecule has 8 nitrogen and oxygen atoms in total. The van der Waals surface area contributed by atoms with Gasteiger partial charge < -0.3 is 9.64 Å². The highest BCUT2D eigenvalue weighted by Gasteiger charge is 2.39. The average Bonchev–Trinajstić information content (AvgIpc) is 3.30. The molecule has 1 atom stereocenters. The zero-order valence-corrected chi connectivity index (χ0v) is 16.9. The molecule has 0 aliphatic carbocycles. The maximum atomic E-state index is 13.1. The van der Waals surface area contributed by atoms with E-state index in [0.717, 1.165) is 30.1 Å². The monoisotopic (exact) mass is 414 g/mol. The van der Waals surface area contributed by atoms with Gasteiger partial charge in [-0.3, -0.25) is 19.7 Å². The lowest BCUT2D eigenvalue weighted by Gasteiger charge is -2.44. The number of piperazine rings is 2. The van der Waals surface area contributed by atoms with Crippen LogP contribution in [0.15, 0.2) is 60.7 Å². The average molecular weight is 414 g/mol. The molecule has 3 aromatic rings. The van der Waals surface area contributed by atoms with E-state index in [1.165, 1.54) is 0 Å². The molecule has 2 aliphatic rings. The van der Waals surface area contributed by atoms with Crippen molar-refractivity contribution in [2.45, 2.75) is 6.04 Å². The topological polar surface area (TPSA) is 88.5 Å². The molecule has 2 fully saturated rings. The Labute approximate surface area is 180 Å². The van der Waals surface area contributed by atoms with Gasteiger partial charge in [-0.05, 0) is 24.3 Å². The Morgan fingerprint density at radius 2 is 1.81 bits per heavy atom. The van der Waals surface area contributed by atoms with E-state index in [2.05, 4.69) is 21.3 Å². The second-order valence-electron chi connectivity index (χ2n) is 7.64. The molecular formula is C23H22N6O2. The van der Waals surface area contributed by atoms with Gasteiger partial charge in [0.15, 0.2) is 12.0 Å². The normalized spacial score (nSPS) is 19.1. The van der Waals surface area contributed by atoms with Crippen LogP contribution >= 0.6 is 0 Å². The Balaban J connectivity index is 1.39. The van der Waals surface area contributed by atoms with Crippen LogP contribution in [0.4, 0.5) is 5.82 Å². The number of carbonyl (C=O) groups excluding carboxylic acids is 1. The molecule has 1 aromatic heterocycles. The van der Waals surface area contributed by atoms with Gasteiger partial charge in [-0.15, -0.1) is 0 Å². The summed E-state index contributed by atoms with van der Waals surface area (Å²) in [6.45, 7) is 3.18. The molecule has 0 saturated carbocycles. The fraction of sp³-hybridized carbons (Fsp3) is 0.261. The first kappa shape index (κ1) is 19.2. The number of hydrogen-bond acceptors (Lipinski definition) is 6. The number of hydrogen-bond donors (Lipinski definition) is 1. The number of fused-ring (bicyclic) bond motifs is 1. The number of aromatic nitrogens is 2. The van der Waals surface area contributed by atoms with Crippen molar-refractivity contribution >= 4 is 11.7 Å². The van der Waals surface area contributed by atoms with Crippen LogP contribution < -0.4 is 9.64 Å². The summed E-state index contributed by atoms with van der Waals surface area (Å²) >= 11 is 0. The Hall–Kier alpha value is -3.83. The maximum absolute atomic E-state index is 13.1. The number of anilines is 1. The highest BCUT2D eigenvalue weighted by molar-refractivity contribution is 5.98. The number of aromatic amines is 1. The van der Waals surface area contributed by atoms with Crippen LogP contribution in [0.1, 0.15) is 0 Å². The standard InChI is InChI=1S/C23H22N6O2/c24-16-27-10-11-28-12-13-29(23(30)20(28)15-27)22-14-19(25-26-22)18-8-4-5-9-21(18)31-17-6-2-1-3-7-17/h1-9,14,20H,10-13,15H2,(H,25,26). The van der Waals surface area contributed by atoms with Gasteiger partial charge in [0.2, 0.25) is 5.91 Å². The minimum Gasteiger partial charge on any atom is -0.457 e. The molecule has 0 radical (unpaired) electrons. The summed E-state index contributed by atoms with van der Waals surface area (Å²) in [6, 6.07) is 18.9. The third-order valence-electron chi connectivity index (χ3n) is 5.78. The van der Waals surface area contributed by atoms with Crippen LogP contribution in [-0.2, 0) is 4.79 Å². The molecule has 1 amide bonds. The molecule has 8 heteroatoms. The number of benzene rings is 2. The number of amides is 1. The van der Waals surface area contributed by atoms with E-state index in [1.807, 2.05) is 60.7 Å². The third kappa shape index (κ3) is 3.71. The molecule has 1 N–H and O–H groups in total. The molecule has 2 aliphatic heterocycles. The van der Waals surface area contributed by atoms with Crippen LogP contribution in [0.3, 0.4) is 0 Å². The number of para-hydroxylation sites is 2. The summed E-state index contributed by atoms with van der Waals surface area (Å²) < 4.78 is 6.06. The molecule has 156 valence electrons. The number of ether oxygens (including phenoxy) is 1. The van der Waals surface area contributed by atoms with E-state index in [0.29, 0.717) is 31.2 Å². The summed E-state index contributed by atoms with van der Waals surface area (Å²) in [5.74, 6) is 2.03. The number of carbonyl (C=O) groups is 1. The molecule has 5 rings (SSSR count). The Kier molecular flexibility index (Phi) is 5.02.